The van der Waals surface area contributed by atoms with Crippen molar-refractivity contribution in [2.75, 3.05) is 6.26 Å². The van der Waals surface area contributed by atoms with Crippen molar-refractivity contribution < 1.29 is 32.7 Å². The van der Waals surface area contributed by atoms with Crippen molar-refractivity contribution in [1.82, 2.24) is 0 Å². The Kier molecular flexibility index (Phi) is 17.0. The normalized spacial score (nSPS) is 5.00. The average molecular weight is 162 g/mol. The van der Waals surface area contributed by atoms with E-state index in [2.05, 4.69) is 12.0 Å². The monoisotopic (exact) mass is 162 g/mol. The second-order valence-electron chi connectivity index (χ2n) is 0.348. The van der Waals surface area contributed by atoms with E-state index >= 15 is 0 Å². The summed E-state index contributed by atoms with van der Waals surface area (Å²) in [4.78, 5) is 0. The van der Waals surface area contributed by atoms with Gasteiger partial charge in [-0.25, -0.2) is 0 Å². The third kappa shape index (κ3) is 11.0. The zero-order valence-corrected chi connectivity index (χ0v) is 6.85. The Morgan fingerprint density at radius 1 is 1.80 bits per heavy atom. The summed E-state index contributed by atoms with van der Waals surface area (Å²) in [7, 11) is 0. The van der Waals surface area contributed by atoms with Crippen LogP contribution in [0.1, 0.15) is 0 Å². The van der Waals surface area contributed by atoms with Crippen molar-refractivity contribution >= 4 is 11.8 Å². The van der Waals surface area contributed by atoms with Gasteiger partial charge in [-0.1, -0.05) is 0 Å². The van der Waals surface area contributed by atoms with Crippen LogP contribution >= 0.6 is 11.8 Å². The first kappa shape index (κ1) is 9.50. The van der Waals surface area contributed by atoms with Gasteiger partial charge in [-0.3, -0.25) is 6.58 Å². The smallest absolute Gasteiger partial charge is 0 e. The molecule has 0 aliphatic heterocycles. The average Bonchev–Trinajstić information content (AvgIpc) is 1.37. The van der Waals surface area contributed by atoms with Gasteiger partial charge in [0.25, 0.3) is 0 Å². The van der Waals surface area contributed by atoms with Crippen LogP contribution in [0.25, 0.3) is 0 Å². The minimum atomic E-state index is 0. The predicted molar refractivity (Wildman–Crippen MR) is 22.4 cm³/mol. The van der Waals surface area contributed by atoms with Gasteiger partial charge in [-0.05, 0) is 6.26 Å². The predicted octanol–water partition coefficient (Wildman–Crippen LogP) is 1.29. The molecule has 0 aliphatic carbocycles. The molecule has 0 rings (SSSR count). The summed E-state index contributed by atoms with van der Waals surface area (Å²) < 4.78 is 0. The van der Waals surface area contributed by atoms with Crippen LogP contribution in [-0.4, -0.2) is 6.26 Å². The van der Waals surface area contributed by atoms with E-state index in [1.54, 1.807) is 0 Å². The zero-order valence-electron chi connectivity index (χ0n) is 3.19. The van der Waals surface area contributed by atoms with Crippen LogP contribution in [0.5, 0.6) is 0 Å². The Morgan fingerprint density at radius 3 is 2.00 bits per heavy atom. The maximum Gasteiger partial charge on any atom is 0 e. The zero-order chi connectivity index (χ0) is 3.41. The fourth-order valence-corrected chi connectivity index (χ4v) is 0. The number of rotatable bonds is 1. The largest absolute Gasteiger partial charge is 0.440 e. The molecular formula is C3H5SY-. The summed E-state index contributed by atoms with van der Waals surface area (Å²) in [6.45, 7) is 3.32. The molecule has 0 heterocycles. The molecule has 0 N–H and O–H groups in total. The van der Waals surface area contributed by atoms with Gasteiger partial charge in [0, 0.05) is 32.7 Å². The van der Waals surface area contributed by atoms with Crippen LogP contribution < -0.4 is 0 Å². The molecule has 0 amide bonds. The van der Waals surface area contributed by atoms with Crippen molar-refractivity contribution in [2.24, 2.45) is 0 Å². The van der Waals surface area contributed by atoms with Gasteiger partial charge in [-0.15, -0.1) is 0 Å². The van der Waals surface area contributed by atoms with Crippen LogP contribution in [0.4, 0.5) is 0 Å². The third-order valence-electron chi connectivity index (χ3n) is 0.144. The molecule has 0 spiro atoms. The van der Waals surface area contributed by atoms with E-state index in [4.69, 9.17) is 0 Å². The van der Waals surface area contributed by atoms with Gasteiger partial charge in [0.2, 0.25) is 0 Å². The Bertz CT molecular complexity index is 20.9. The van der Waals surface area contributed by atoms with Gasteiger partial charge >= 0.3 is 0 Å². The Balaban J connectivity index is 0. The minimum Gasteiger partial charge on any atom is -0.440 e. The van der Waals surface area contributed by atoms with Crippen LogP contribution in [0, 0.1) is 5.41 Å². The van der Waals surface area contributed by atoms with E-state index in [-0.39, 0.29) is 32.7 Å². The number of hydrogen-bond donors (Lipinski definition) is 0. The van der Waals surface area contributed by atoms with Gasteiger partial charge < -0.3 is 17.2 Å². The molecule has 1 radical (unpaired) electrons. The first-order valence-corrected chi connectivity index (χ1v) is 2.19. The van der Waals surface area contributed by atoms with Crippen LogP contribution in [0.3, 0.4) is 0 Å². The molecule has 0 aromatic carbocycles. The summed E-state index contributed by atoms with van der Waals surface area (Å²) in [6.07, 6.45) is 1.92. The number of hydrogen-bond acceptors (Lipinski definition) is 1. The molecular weight excluding hydrogens is 157 g/mol. The molecule has 0 atom stereocenters. The first-order chi connectivity index (χ1) is 1.91. The van der Waals surface area contributed by atoms with Crippen molar-refractivity contribution in [3.63, 3.8) is 0 Å². The Labute approximate surface area is 62.3 Å². The molecule has 0 bridgehead atoms. The van der Waals surface area contributed by atoms with Crippen LogP contribution in [0.2, 0.25) is 0 Å². The van der Waals surface area contributed by atoms with Gasteiger partial charge in [0.1, 0.15) is 0 Å². The van der Waals surface area contributed by atoms with E-state index < -0.39 is 0 Å². The Morgan fingerprint density at radius 2 is 2.00 bits per heavy atom. The van der Waals surface area contributed by atoms with Crippen molar-refractivity contribution in [3.05, 3.63) is 12.0 Å². The SMILES string of the molecule is C=[C-]SC.[Y]. The molecule has 0 fully saturated rings. The maximum absolute atomic E-state index is 3.32. The number of thioether (sulfide) groups is 1. The molecule has 5 heavy (non-hydrogen) atoms. The van der Waals surface area contributed by atoms with Crippen LogP contribution in [0.15, 0.2) is 6.58 Å². The Hall–Kier alpha value is 1.19. The maximum atomic E-state index is 3.32. The quantitative estimate of drug-likeness (QED) is 0.523. The summed E-state index contributed by atoms with van der Waals surface area (Å²) in [5, 5.41) is 2.60. The molecule has 0 aromatic heterocycles. The summed E-state index contributed by atoms with van der Waals surface area (Å²) in [5.41, 5.74) is 0. The van der Waals surface area contributed by atoms with Gasteiger partial charge in [0.05, 0.1) is 0 Å². The molecule has 27 valence electrons. The van der Waals surface area contributed by atoms with Gasteiger partial charge in [0.15, 0.2) is 0 Å². The molecule has 0 aliphatic rings. The van der Waals surface area contributed by atoms with E-state index in [0.29, 0.717) is 0 Å². The minimum absolute atomic E-state index is 0. The standard InChI is InChI=1S/C3H5S.Y/c1-3-4-2;/h1H2,2H3;/q-1;. The van der Waals surface area contributed by atoms with Crippen molar-refractivity contribution in [2.45, 2.75) is 0 Å². The second-order valence-corrected chi connectivity index (χ2v) is 1.05. The summed E-state index contributed by atoms with van der Waals surface area (Å²) in [5.74, 6) is 0. The molecule has 2 heteroatoms. The molecule has 0 saturated carbocycles. The summed E-state index contributed by atoms with van der Waals surface area (Å²) >= 11 is 1.50. The van der Waals surface area contributed by atoms with E-state index in [0.717, 1.165) is 0 Å². The van der Waals surface area contributed by atoms with E-state index in [9.17, 15) is 0 Å². The summed E-state index contributed by atoms with van der Waals surface area (Å²) in [6, 6.07) is 0. The second kappa shape index (κ2) is 8.96. The van der Waals surface area contributed by atoms with E-state index in [1.807, 2.05) is 6.26 Å². The molecule has 0 nitrogen and oxygen atoms in total. The first-order valence-electron chi connectivity index (χ1n) is 0.966. The molecule has 0 saturated heterocycles. The van der Waals surface area contributed by atoms with Gasteiger partial charge in [-0.2, -0.15) is 0 Å². The van der Waals surface area contributed by atoms with Crippen molar-refractivity contribution in [3.8, 4) is 0 Å². The molecule has 0 aromatic rings. The fraction of sp³-hybridized carbons (Fsp3) is 0.333. The fourth-order valence-electron chi connectivity index (χ4n) is 0. The molecule has 0 unspecified atom stereocenters. The topological polar surface area (TPSA) is 0 Å². The van der Waals surface area contributed by atoms with Crippen LogP contribution in [-0.2, 0) is 32.7 Å². The van der Waals surface area contributed by atoms with E-state index in [1.165, 1.54) is 11.8 Å². The van der Waals surface area contributed by atoms with Crippen molar-refractivity contribution in [1.29, 1.82) is 0 Å². The third-order valence-corrected chi connectivity index (χ3v) is 0.433.